The molecule has 0 aliphatic carbocycles. The van der Waals surface area contributed by atoms with E-state index in [-0.39, 0.29) is 6.04 Å². The number of hydrogen-bond donors (Lipinski definition) is 1. The van der Waals surface area contributed by atoms with Gasteiger partial charge in [0.25, 0.3) is 0 Å². The number of para-hydroxylation sites is 1. The van der Waals surface area contributed by atoms with E-state index in [2.05, 4.69) is 17.6 Å². The van der Waals surface area contributed by atoms with Crippen LogP contribution in [0.5, 0.6) is 0 Å². The number of carbonyl (C=O) groups excluding carboxylic acids is 1. The molecule has 22 heavy (non-hydrogen) atoms. The number of fused-ring (bicyclic) bond motifs is 4. The van der Waals surface area contributed by atoms with E-state index >= 15 is 0 Å². The van der Waals surface area contributed by atoms with Crippen LogP contribution in [0.4, 0.5) is 0 Å². The van der Waals surface area contributed by atoms with Gasteiger partial charge in [-0.3, -0.25) is 9.78 Å². The molecule has 112 valence electrons. The van der Waals surface area contributed by atoms with Crippen LogP contribution in [0.1, 0.15) is 23.2 Å². The van der Waals surface area contributed by atoms with E-state index in [4.69, 9.17) is 0 Å². The molecule has 4 atom stereocenters. The second kappa shape index (κ2) is 5.33. The fourth-order valence-electron chi connectivity index (χ4n) is 4.30. The van der Waals surface area contributed by atoms with Gasteiger partial charge in [0.1, 0.15) is 0 Å². The van der Waals surface area contributed by atoms with Gasteiger partial charge in [-0.1, -0.05) is 24.3 Å². The molecule has 2 aromatic rings. The Hall–Kier alpha value is -2.00. The topological polar surface area (TPSA) is 34.4 Å². The molecule has 3 aliphatic heterocycles. The molecule has 3 saturated heterocycles. The van der Waals surface area contributed by atoms with Gasteiger partial charge in [0.2, 0.25) is 5.78 Å². The fourth-order valence-corrected chi connectivity index (χ4v) is 4.30. The van der Waals surface area contributed by atoms with Crippen LogP contribution in [0, 0.1) is 11.8 Å². The van der Waals surface area contributed by atoms with E-state index < -0.39 is 0 Å². The summed E-state index contributed by atoms with van der Waals surface area (Å²) in [6.45, 7) is 6.15. The fraction of sp³-hybridized carbons (Fsp3) is 0.368. The van der Waals surface area contributed by atoms with Crippen LogP contribution in [0.25, 0.3) is 10.9 Å². The summed E-state index contributed by atoms with van der Waals surface area (Å²) in [5, 5.41) is 0.984. The zero-order valence-corrected chi connectivity index (χ0v) is 12.7. The summed E-state index contributed by atoms with van der Waals surface area (Å²) in [5.74, 6) is 1.51. The molecule has 0 spiro atoms. The molecule has 3 fully saturated rings. The molecular formula is C19H21N2O+. The summed E-state index contributed by atoms with van der Waals surface area (Å²) in [7, 11) is 0. The minimum absolute atomic E-state index is 0.112. The number of Topliss-reactive ketones (excluding diaryl/α,β-unsaturated/α-hetero) is 1. The smallest absolute Gasteiger partial charge is 0.220 e. The number of aromatic nitrogens is 1. The van der Waals surface area contributed by atoms with Crippen LogP contribution in [0.15, 0.2) is 49.2 Å². The highest BCUT2D eigenvalue weighted by atomic mass is 16.1. The minimum atomic E-state index is 0.112. The van der Waals surface area contributed by atoms with Crippen molar-refractivity contribution in [3.63, 3.8) is 0 Å². The molecule has 1 N–H and O–H groups in total. The van der Waals surface area contributed by atoms with E-state index in [1.165, 1.54) is 11.3 Å². The highest BCUT2D eigenvalue weighted by Gasteiger charge is 2.45. The normalized spacial score (nSPS) is 30.4. The van der Waals surface area contributed by atoms with Crippen LogP contribution in [0.2, 0.25) is 0 Å². The SMILES string of the molecule is C=C[C@H]1C[NH+]2CC[C@H]1C[C@@H]2C(=O)c1ccnc2ccccc12. The summed E-state index contributed by atoms with van der Waals surface area (Å²) < 4.78 is 0. The van der Waals surface area contributed by atoms with Gasteiger partial charge >= 0.3 is 0 Å². The molecule has 4 heterocycles. The number of nitrogens with one attached hydrogen (secondary N) is 1. The van der Waals surface area contributed by atoms with Crippen LogP contribution < -0.4 is 4.90 Å². The highest BCUT2D eigenvalue weighted by Crippen LogP contribution is 2.29. The van der Waals surface area contributed by atoms with Crippen LogP contribution in [0.3, 0.4) is 0 Å². The number of carbonyl (C=O) groups is 1. The summed E-state index contributed by atoms with van der Waals surface area (Å²) in [6, 6.07) is 9.93. The van der Waals surface area contributed by atoms with Crippen molar-refractivity contribution in [1.29, 1.82) is 0 Å². The lowest BCUT2D eigenvalue weighted by Crippen LogP contribution is -3.20. The molecule has 0 radical (unpaired) electrons. The van der Waals surface area contributed by atoms with Crippen molar-refractivity contribution in [2.75, 3.05) is 13.1 Å². The molecule has 5 rings (SSSR count). The van der Waals surface area contributed by atoms with Crippen molar-refractivity contribution in [3.8, 4) is 0 Å². The van der Waals surface area contributed by atoms with Crippen molar-refractivity contribution in [3.05, 3.63) is 54.7 Å². The second-order valence-electron chi connectivity index (χ2n) is 6.59. The molecule has 3 aliphatic rings. The lowest BCUT2D eigenvalue weighted by Gasteiger charge is -2.45. The molecule has 3 nitrogen and oxygen atoms in total. The van der Waals surface area contributed by atoms with E-state index in [0.29, 0.717) is 17.6 Å². The molecule has 1 unspecified atom stereocenters. The Morgan fingerprint density at radius 2 is 2.18 bits per heavy atom. The third kappa shape index (κ3) is 2.08. The van der Waals surface area contributed by atoms with Gasteiger partial charge in [-0.2, -0.15) is 0 Å². The standard InChI is InChI=1S/C19H20N2O/c1-2-13-12-21-10-8-14(13)11-18(21)19(22)16-7-9-20-17-6-4-3-5-15(16)17/h2-7,9,13-14,18H,1,8,10-12H2/p+1/t13-,14-,18+/m0/s1. The number of nitrogens with zero attached hydrogens (tertiary/aromatic N) is 1. The van der Waals surface area contributed by atoms with Crippen LogP contribution in [-0.2, 0) is 0 Å². The summed E-state index contributed by atoms with van der Waals surface area (Å²) in [5.41, 5.74) is 1.74. The third-order valence-electron chi connectivity index (χ3n) is 5.50. The van der Waals surface area contributed by atoms with Gasteiger partial charge in [-0.15, -0.1) is 6.58 Å². The van der Waals surface area contributed by atoms with Crippen molar-refractivity contribution in [2.24, 2.45) is 11.8 Å². The van der Waals surface area contributed by atoms with Gasteiger partial charge in [0.05, 0.1) is 18.6 Å². The maximum Gasteiger partial charge on any atom is 0.220 e. The quantitative estimate of drug-likeness (QED) is 0.693. The minimum Gasteiger partial charge on any atom is -0.325 e. The molecular weight excluding hydrogens is 272 g/mol. The maximum atomic E-state index is 13.1. The second-order valence-corrected chi connectivity index (χ2v) is 6.59. The van der Waals surface area contributed by atoms with Gasteiger partial charge in [0.15, 0.2) is 6.04 Å². The van der Waals surface area contributed by atoms with E-state index in [1.807, 2.05) is 30.3 Å². The third-order valence-corrected chi connectivity index (χ3v) is 5.50. The molecule has 0 saturated carbocycles. The van der Waals surface area contributed by atoms with Crippen LogP contribution in [-0.4, -0.2) is 29.9 Å². The van der Waals surface area contributed by atoms with E-state index in [0.717, 1.165) is 36.0 Å². The monoisotopic (exact) mass is 293 g/mol. The number of rotatable bonds is 3. The number of hydrogen-bond acceptors (Lipinski definition) is 2. The Morgan fingerprint density at radius 1 is 1.32 bits per heavy atom. The Labute approximate surface area is 130 Å². The summed E-state index contributed by atoms with van der Waals surface area (Å²) in [4.78, 5) is 18.9. The maximum absolute atomic E-state index is 13.1. The zero-order valence-electron chi connectivity index (χ0n) is 12.7. The summed E-state index contributed by atoms with van der Waals surface area (Å²) in [6.07, 6.45) is 6.08. The number of pyridine rings is 1. The molecule has 0 amide bonds. The largest absolute Gasteiger partial charge is 0.325 e. The number of ketones is 1. The van der Waals surface area contributed by atoms with Crippen molar-refractivity contribution < 1.29 is 9.69 Å². The number of quaternary nitrogens is 1. The molecule has 2 bridgehead atoms. The first kappa shape index (κ1) is 13.6. The summed E-state index contributed by atoms with van der Waals surface area (Å²) >= 11 is 0. The average Bonchev–Trinajstić information content (AvgIpc) is 2.60. The van der Waals surface area contributed by atoms with Gasteiger partial charge in [-0.25, -0.2) is 0 Å². The predicted molar refractivity (Wildman–Crippen MR) is 87.0 cm³/mol. The molecule has 1 aromatic carbocycles. The highest BCUT2D eigenvalue weighted by molar-refractivity contribution is 6.09. The van der Waals surface area contributed by atoms with Gasteiger partial charge < -0.3 is 4.90 Å². The van der Waals surface area contributed by atoms with Gasteiger partial charge in [0, 0.05) is 35.9 Å². The van der Waals surface area contributed by atoms with Gasteiger partial charge in [-0.05, 0) is 18.1 Å². The van der Waals surface area contributed by atoms with E-state index in [9.17, 15) is 4.79 Å². The first-order valence-electron chi connectivity index (χ1n) is 8.13. The number of benzene rings is 1. The van der Waals surface area contributed by atoms with Crippen molar-refractivity contribution >= 4 is 16.7 Å². The predicted octanol–water partition coefficient (Wildman–Crippen LogP) is 1.90. The molecule has 1 aromatic heterocycles. The Kier molecular flexibility index (Phi) is 3.30. The van der Waals surface area contributed by atoms with Crippen molar-refractivity contribution in [1.82, 2.24) is 4.98 Å². The lowest BCUT2D eigenvalue weighted by atomic mass is 9.74. The zero-order chi connectivity index (χ0) is 15.1. The van der Waals surface area contributed by atoms with Crippen molar-refractivity contribution in [2.45, 2.75) is 18.9 Å². The first-order valence-corrected chi connectivity index (χ1v) is 8.13. The van der Waals surface area contributed by atoms with E-state index in [1.54, 1.807) is 6.20 Å². The lowest BCUT2D eigenvalue weighted by molar-refractivity contribution is -0.935. The van der Waals surface area contributed by atoms with Crippen LogP contribution >= 0.6 is 0 Å². The Morgan fingerprint density at radius 3 is 2.95 bits per heavy atom. The Balaban J connectivity index is 1.69. The first-order chi connectivity index (χ1) is 10.8. The number of piperidine rings is 3. The molecule has 3 heteroatoms. The Bertz CT molecular complexity index is 734. The average molecular weight is 293 g/mol.